The van der Waals surface area contributed by atoms with E-state index in [0.29, 0.717) is 11.8 Å². The van der Waals surface area contributed by atoms with Gasteiger partial charge in [0, 0.05) is 6.07 Å². The predicted molar refractivity (Wildman–Crippen MR) is 85.9 cm³/mol. The molecule has 1 rings (SSSR count). The Balaban J connectivity index is 0.00000149. The summed E-state index contributed by atoms with van der Waals surface area (Å²) in [4.78, 5) is 26.5. The molecule has 2 atom stereocenters. The summed E-state index contributed by atoms with van der Waals surface area (Å²) in [5, 5.41) is 20.3. The minimum atomic E-state index is -0.540. The normalized spacial score (nSPS) is 13.3. The molecule has 6 heteroatoms. The number of hydrogen-bond donors (Lipinski definition) is 1. The zero-order chi connectivity index (χ0) is 18.2. The van der Waals surface area contributed by atoms with E-state index in [4.69, 9.17) is 9.59 Å². The fraction of sp³-hybridized carbons (Fsp3) is 0.588. The summed E-state index contributed by atoms with van der Waals surface area (Å²) >= 11 is 0. The molecule has 1 unspecified atom stereocenters. The lowest BCUT2D eigenvalue weighted by molar-refractivity contribution is -0.385. The fourth-order valence-electron chi connectivity index (χ4n) is 2.29. The summed E-state index contributed by atoms with van der Waals surface area (Å²) in [6.07, 6.45) is 2.12. The zero-order valence-corrected chi connectivity index (χ0v) is 14.3. The van der Waals surface area contributed by atoms with E-state index in [0.717, 1.165) is 18.4 Å². The quantitative estimate of drug-likeness (QED) is 0.653. The van der Waals surface area contributed by atoms with Gasteiger partial charge in [-0.2, -0.15) is 9.59 Å². The molecular weight excluding hydrogens is 298 g/mol. The van der Waals surface area contributed by atoms with Crippen molar-refractivity contribution in [3.8, 4) is 5.75 Å². The van der Waals surface area contributed by atoms with Gasteiger partial charge in [0.25, 0.3) is 0 Å². The molecule has 128 valence electrons. The van der Waals surface area contributed by atoms with Gasteiger partial charge in [-0.25, -0.2) is 0 Å². The van der Waals surface area contributed by atoms with Gasteiger partial charge in [-0.3, -0.25) is 10.1 Å². The van der Waals surface area contributed by atoms with Gasteiger partial charge in [-0.15, -0.1) is 0 Å². The summed E-state index contributed by atoms with van der Waals surface area (Å²) in [5.74, 6) is 0.771. The van der Waals surface area contributed by atoms with E-state index < -0.39 is 4.92 Å². The monoisotopic (exact) mass is 323 g/mol. The van der Waals surface area contributed by atoms with Crippen molar-refractivity contribution in [2.75, 3.05) is 0 Å². The number of nitrogens with zero attached hydrogens (tertiary/aromatic N) is 1. The number of nitro groups is 1. The third-order valence-corrected chi connectivity index (χ3v) is 4.06. The molecule has 23 heavy (non-hydrogen) atoms. The molecule has 1 N–H and O–H groups in total. The smallest absolute Gasteiger partial charge is 0.373 e. The van der Waals surface area contributed by atoms with Crippen LogP contribution in [0, 0.1) is 27.4 Å². The number of phenolic OH excluding ortho intramolecular Hbond substituents is 1. The lowest BCUT2D eigenvalue weighted by Crippen LogP contribution is -2.20. The Bertz CT molecular complexity index is 557. The van der Waals surface area contributed by atoms with E-state index in [1.54, 1.807) is 6.07 Å². The standard InChI is InChI=1S/C16H25NO3.CO2/c1-11(8-12(2)16(3,4)5)9-13-6-7-15(18)14(10-13)17(19)20;2-1-3/h6-7,10-12,18H,8-9H2,1-5H3;/t11-,12?;/m1./s1. The summed E-state index contributed by atoms with van der Waals surface area (Å²) < 4.78 is 0. The number of phenols is 1. The van der Waals surface area contributed by atoms with Crippen LogP contribution in [0.4, 0.5) is 5.69 Å². The van der Waals surface area contributed by atoms with Crippen LogP contribution in [-0.2, 0) is 16.0 Å². The molecule has 6 nitrogen and oxygen atoms in total. The van der Waals surface area contributed by atoms with Crippen molar-refractivity contribution >= 4 is 11.8 Å². The first-order chi connectivity index (χ1) is 10.5. The van der Waals surface area contributed by atoms with Crippen molar-refractivity contribution in [2.24, 2.45) is 17.3 Å². The lowest BCUT2D eigenvalue weighted by atomic mass is 9.76. The molecule has 1 aromatic carbocycles. The second-order valence-electron chi connectivity index (χ2n) is 6.98. The zero-order valence-electron chi connectivity index (χ0n) is 14.3. The predicted octanol–water partition coefficient (Wildman–Crippen LogP) is 3.97. The number of nitro benzene ring substituents is 1. The maximum Gasteiger partial charge on any atom is 0.373 e. The maximum absolute atomic E-state index is 10.8. The highest BCUT2D eigenvalue weighted by molar-refractivity contribution is 5.47. The largest absolute Gasteiger partial charge is 0.502 e. The Labute approximate surface area is 136 Å². The van der Waals surface area contributed by atoms with E-state index >= 15 is 0 Å². The molecule has 0 aliphatic rings. The van der Waals surface area contributed by atoms with Gasteiger partial charge < -0.3 is 5.11 Å². The molecule has 0 bridgehead atoms. The first kappa shape index (κ1) is 20.8. The van der Waals surface area contributed by atoms with Crippen LogP contribution in [0.25, 0.3) is 0 Å². The van der Waals surface area contributed by atoms with Crippen LogP contribution < -0.4 is 0 Å². The van der Waals surface area contributed by atoms with E-state index in [2.05, 4.69) is 34.6 Å². The fourth-order valence-corrected chi connectivity index (χ4v) is 2.29. The van der Waals surface area contributed by atoms with Crippen LogP contribution in [0.3, 0.4) is 0 Å². The molecule has 0 saturated carbocycles. The summed E-state index contributed by atoms with van der Waals surface area (Å²) in [6, 6.07) is 4.65. The number of rotatable bonds is 5. The molecule has 1 aromatic rings. The maximum atomic E-state index is 10.8. The number of benzene rings is 1. The van der Waals surface area contributed by atoms with Crippen LogP contribution in [0.15, 0.2) is 18.2 Å². The van der Waals surface area contributed by atoms with Gasteiger partial charge in [0.2, 0.25) is 0 Å². The molecule has 0 aliphatic carbocycles. The van der Waals surface area contributed by atoms with Crippen molar-refractivity contribution in [2.45, 2.75) is 47.5 Å². The van der Waals surface area contributed by atoms with Crippen molar-refractivity contribution in [3.05, 3.63) is 33.9 Å². The first-order valence-electron chi connectivity index (χ1n) is 7.48. The molecule has 0 fully saturated rings. The number of hydrogen-bond acceptors (Lipinski definition) is 5. The van der Waals surface area contributed by atoms with Crippen molar-refractivity contribution in [1.82, 2.24) is 0 Å². The van der Waals surface area contributed by atoms with E-state index in [9.17, 15) is 15.2 Å². The third kappa shape index (κ3) is 7.56. The Morgan fingerprint density at radius 3 is 2.22 bits per heavy atom. The topological polar surface area (TPSA) is 97.5 Å². The van der Waals surface area contributed by atoms with Crippen LogP contribution in [-0.4, -0.2) is 16.2 Å². The van der Waals surface area contributed by atoms with Gasteiger partial charge in [0.15, 0.2) is 5.75 Å². The van der Waals surface area contributed by atoms with Gasteiger partial charge in [0.1, 0.15) is 0 Å². The van der Waals surface area contributed by atoms with Crippen LogP contribution >= 0.6 is 0 Å². The Morgan fingerprint density at radius 2 is 1.78 bits per heavy atom. The van der Waals surface area contributed by atoms with E-state index in [-0.39, 0.29) is 23.0 Å². The van der Waals surface area contributed by atoms with Gasteiger partial charge in [-0.1, -0.05) is 40.7 Å². The molecule has 0 aromatic heterocycles. The van der Waals surface area contributed by atoms with E-state index in [1.165, 1.54) is 12.1 Å². The Kier molecular flexibility index (Phi) is 8.19. The molecule has 0 spiro atoms. The summed E-state index contributed by atoms with van der Waals surface area (Å²) in [7, 11) is 0. The summed E-state index contributed by atoms with van der Waals surface area (Å²) in [5.41, 5.74) is 0.969. The molecule has 0 heterocycles. The lowest BCUT2D eigenvalue weighted by Gasteiger charge is -2.29. The van der Waals surface area contributed by atoms with Crippen LogP contribution in [0.1, 0.15) is 46.6 Å². The highest BCUT2D eigenvalue weighted by Gasteiger charge is 2.22. The van der Waals surface area contributed by atoms with Gasteiger partial charge in [-0.05, 0) is 41.7 Å². The average molecular weight is 323 g/mol. The second kappa shape index (κ2) is 9.06. The van der Waals surface area contributed by atoms with Crippen LogP contribution in [0.5, 0.6) is 5.75 Å². The van der Waals surface area contributed by atoms with Crippen LogP contribution in [0.2, 0.25) is 0 Å². The van der Waals surface area contributed by atoms with Gasteiger partial charge in [0.05, 0.1) is 4.92 Å². The molecule has 0 radical (unpaired) electrons. The van der Waals surface area contributed by atoms with Crippen molar-refractivity contribution in [3.63, 3.8) is 0 Å². The highest BCUT2D eigenvalue weighted by Crippen LogP contribution is 2.33. The van der Waals surface area contributed by atoms with Gasteiger partial charge >= 0.3 is 11.8 Å². The second-order valence-corrected chi connectivity index (χ2v) is 6.98. The average Bonchev–Trinajstić information content (AvgIpc) is 2.40. The first-order valence-corrected chi connectivity index (χ1v) is 7.48. The van der Waals surface area contributed by atoms with Crippen molar-refractivity contribution < 1.29 is 19.6 Å². The molecular formula is C17H25NO5. The number of aromatic hydroxyl groups is 1. The van der Waals surface area contributed by atoms with E-state index in [1.807, 2.05) is 0 Å². The third-order valence-electron chi connectivity index (χ3n) is 4.06. The minimum Gasteiger partial charge on any atom is -0.502 e. The number of carbonyl (C=O) groups excluding carboxylic acids is 2. The Morgan fingerprint density at radius 1 is 1.26 bits per heavy atom. The summed E-state index contributed by atoms with van der Waals surface area (Å²) in [6.45, 7) is 11.1. The Hall–Kier alpha value is -2.20. The minimum absolute atomic E-state index is 0.210. The molecule has 0 amide bonds. The van der Waals surface area contributed by atoms with Crippen molar-refractivity contribution in [1.29, 1.82) is 0 Å². The highest BCUT2D eigenvalue weighted by atomic mass is 16.6. The SMILES string of the molecule is CC(C[C@@H](C)Cc1ccc(O)c([N+](=O)[O-])c1)C(C)(C)C.O=C=O. The molecule has 0 aliphatic heterocycles. The molecule has 0 saturated heterocycles.